The number of rotatable bonds is 5. The van der Waals surface area contributed by atoms with Gasteiger partial charge in [0.05, 0.1) is 7.11 Å². The van der Waals surface area contributed by atoms with Crippen LogP contribution in [0.1, 0.15) is 18.9 Å². The molecule has 0 saturated heterocycles. The topological polar surface area (TPSA) is 47.3 Å². The molecule has 1 aliphatic carbocycles. The largest absolute Gasteiger partial charge is 0.497 e. The minimum atomic E-state index is 0.355. The van der Waals surface area contributed by atoms with Crippen molar-refractivity contribution in [2.45, 2.75) is 25.8 Å². The van der Waals surface area contributed by atoms with Crippen LogP contribution in [0.3, 0.4) is 0 Å². The summed E-state index contributed by atoms with van der Waals surface area (Å²) in [6, 6.07) is 6.41. The third kappa shape index (κ3) is 3.00. The van der Waals surface area contributed by atoms with E-state index in [4.69, 9.17) is 10.6 Å². The molecule has 3 N–H and O–H groups in total. The lowest BCUT2D eigenvalue weighted by atomic mass is 10.0. The summed E-state index contributed by atoms with van der Waals surface area (Å²) in [6.07, 6.45) is 2.21. The van der Waals surface area contributed by atoms with Crippen LogP contribution in [0.5, 0.6) is 5.75 Å². The van der Waals surface area contributed by atoms with Gasteiger partial charge in [0.15, 0.2) is 0 Å². The number of nitrogens with two attached hydrogens (primary N) is 1. The highest BCUT2D eigenvalue weighted by Crippen LogP contribution is 2.41. The number of ether oxygens (including phenoxy) is 1. The van der Waals surface area contributed by atoms with Gasteiger partial charge in [0.25, 0.3) is 0 Å². The Hall–Kier alpha value is -0.580. The number of benzene rings is 1. The first-order chi connectivity index (χ1) is 8.15. The minimum absolute atomic E-state index is 0.355. The fourth-order valence-electron chi connectivity index (χ4n) is 2.32. The third-order valence-electron chi connectivity index (χ3n) is 3.60. The summed E-state index contributed by atoms with van der Waals surface area (Å²) in [5, 5.41) is 0. The summed E-state index contributed by atoms with van der Waals surface area (Å²) in [5.74, 6) is 8.04. The van der Waals surface area contributed by atoms with Crippen LogP contribution < -0.4 is 16.0 Å². The van der Waals surface area contributed by atoms with E-state index in [2.05, 4.69) is 34.3 Å². The number of hydrogen-bond donors (Lipinski definition) is 2. The van der Waals surface area contributed by atoms with E-state index in [0.717, 1.165) is 22.6 Å². The van der Waals surface area contributed by atoms with Crippen LogP contribution in [0.4, 0.5) is 0 Å². The maximum absolute atomic E-state index is 5.65. The maximum Gasteiger partial charge on any atom is 0.119 e. The van der Waals surface area contributed by atoms with Crippen LogP contribution in [0.15, 0.2) is 22.7 Å². The van der Waals surface area contributed by atoms with Crippen LogP contribution in [-0.4, -0.2) is 13.2 Å². The van der Waals surface area contributed by atoms with Crippen molar-refractivity contribution >= 4 is 15.9 Å². The van der Waals surface area contributed by atoms with Crippen LogP contribution in [-0.2, 0) is 6.42 Å². The van der Waals surface area contributed by atoms with Gasteiger partial charge in [-0.3, -0.25) is 11.3 Å². The van der Waals surface area contributed by atoms with E-state index in [0.29, 0.717) is 12.0 Å². The number of hydrogen-bond acceptors (Lipinski definition) is 3. The molecule has 0 heterocycles. The maximum atomic E-state index is 5.65. The van der Waals surface area contributed by atoms with Gasteiger partial charge in [-0.05, 0) is 48.4 Å². The average molecular weight is 299 g/mol. The van der Waals surface area contributed by atoms with Crippen LogP contribution >= 0.6 is 15.9 Å². The molecule has 3 nitrogen and oxygen atoms in total. The molecule has 2 rings (SSSR count). The van der Waals surface area contributed by atoms with Gasteiger partial charge in [-0.1, -0.05) is 22.9 Å². The van der Waals surface area contributed by atoms with Crippen molar-refractivity contribution in [1.29, 1.82) is 0 Å². The second-order valence-electron chi connectivity index (χ2n) is 4.81. The highest BCUT2D eigenvalue weighted by Gasteiger charge is 2.39. The van der Waals surface area contributed by atoms with E-state index < -0.39 is 0 Å². The van der Waals surface area contributed by atoms with Crippen molar-refractivity contribution in [3.05, 3.63) is 28.2 Å². The van der Waals surface area contributed by atoms with E-state index in [1.807, 2.05) is 12.1 Å². The van der Waals surface area contributed by atoms with Crippen LogP contribution in [0.2, 0.25) is 0 Å². The molecule has 94 valence electrons. The molecule has 1 aliphatic rings. The van der Waals surface area contributed by atoms with Crippen molar-refractivity contribution in [2.75, 3.05) is 7.11 Å². The summed E-state index contributed by atoms with van der Waals surface area (Å²) < 4.78 is 6.37. The molecular weight excluding hydrogens is 280 g/mol. The van der Waals surface area contributed by atoms with Crippen molar-refractivity contribution in [3.8, 4) is 5.75 Å². The van der Waals surface area contributed by atoms with Gasteiger partial charge in [-0.2, -0.15) is 0 Å². The first-order valence-corrected chi connectivity index (χ1v) is 6.73. The second kappa shape index (κ2) is 5.38. The molecule has 1 fully saturated rings. The molecule has 1 aromatic carbocycles. The fraction of sp³-hybridized carbons (Fsp3) is 0.538. The predicted molar refractivity (Wildman–Crippen MR) is 72.8 cm³/mol. The van der Waals surface area contributed by atoms with Gasteiger partial charge in [0.1, 0.15) is 5.75 Å². The van der Waals surface area contributed by atoms with Crippen molar-refractivity contribution in [2.24, 2.45) is 17.7 Å². The van der Waals surface area contributed by atoms with E-state index in [1.165, 1.54) is 12.0 Å². The van der Waals surface area contributed by atoms with Crippen LogP contribution in [0.25, 0.3) is 0 Å². The molecule has 0 spiro atoms. The quantitative estimate of drug-likeness (QED) is 0.648. The Morgan fingerprint density at radius 1 is 1.59 bits per heavy atom. The Kier molecular flexibility index (Phi) is 4.07. The normalized spacial score (nSPS) is 24.5. The highest BCUT2D eigenvalue weighted by atomic mass is 79.9. The molecule has 0 bridgehead atoms. The molecule has 3 unspecified atom stereocenters. The third-order valence-corrected chi connectivity index (χ3v) is 4.37. The number of nitrogens with one attached hydrogen (secondary N) is 1. The Labute approximate surface area is 111 Å². The minimum Gasteiger partial charge on any atom is -0.497 e. The molecule has 0 radical (unpaired) electrons. The van der Waals surface area contributed by atoms with Gasteiger partial charge >= 0.3 is 0 Å². The van der Waals surface area contributed by atoms with E-state index in [-0.39, 0.29) is 0 Å². The average Bonchev–Trinajstić information content (AvgIpc) is 3.05. The Morgan fingerprint density at radius 3 is 2.82 bits per heavy atom. The summed E-state index contributed by atoms with van der Waals surface area (Å²) >= 11 is 3.58. The first kappa shape index (κ1) is 12.9. The Balaban J connectivity index is 2.10. The van der Waals surface area contributed by atoms with E-state index in [1.54, 1.807) is 7.11 Å². The summed E-state index contributed by atoms with van der Waals surface area (Å²) in [7, 11) is 1.69. The highest BCUT2D eigenvalue weighted by molar-refractivity contribution is 9.10. The van der Waals surface area contributed by atoms with Gasteiger partial charge in [0.2, 0.25) is 0 Å². The smallest absolute Gasteiger partial charge is 0.119 e. The van der Waals surface area contributed by atoms with Gasteiger partial charge < -0.3 is 4.74 Å². The molecule has 3 atom stereocenters. The Bertz CT molecular complexity index is 397. The molecular formula is C13H19BrN2O. The van der Waals surface area contributed by atoms with Crippen molar-refractivity contribution in [3.63, 3.8) is 0 Å². The second-order valence-corrected chi connectivity index (χ2v) is 5.67. The zero-order valence-corrected chi connectivity index (χ0v) is 11.8. The Morgan fingerprint density at radius 2 is 2.29 bits per heavy atom. The molecule has 0 aliphatic heterocycles. The lowest BCUT2D eigenvalue weighted by Crippen LogP contribution is -2.39. The molecule has 1 aromatic rings. The van der Waals surface area contributed by atoms with E-state index >= 15 is 0 Å². The zero-order chi connectivity index (χ0) is 12.4. The lowest BCUT2D eigenvalue weighted by molar-refractivity contribution is 0.412. The zero-order valence-electron chi connectivity index (χ0n) is 10.2. The SMILES string of the molecule is COc1ccc(Br)c(CC(NN)C2CC2C)c1. The van der Waals surface area contributed by atoms with Gasteiger partial charge in [0, 0.05) is 10.5 Å². The summed E-state index contributed by atoms with van der Waals surface area (Å²) in [6.45, 7) is 2.27. The number of halogens is 1. The molecule has 0 aromatic heterocycles. The number of methoxy groups -OCH3 is 1. The van der Waals surface area contributed by atoms with Crippen molar-refractivity contribution in [1.82, 2.24) is 5.43 Å². The van der Waals surface area contributed by atoms with E-state index in [9.17, 15) is 0 Å². The fourth-order valence-corrected chi connectivity index (χ4v) is 2.73. The predicted octanol–water partition coefficient (Wildman–Crippen LogP) is 2.49. The van der Waals surface area contributed by atoms with Crippen LogP contribution in [0, 0.1) is 11.8 Å². The van der Waals surface area contributed by atoms with Gasteiger partial charge in [-0.15, -0.1) is 0 Å². The number of hydrazine groups is 1. The molecule has 17 heavy (non-hydrogen) atoms. The van der Waals surface area contributed by atoms with Gasteiger partial charge in [-0.25, -0.2) is 0 Å². The summed E-state index contributed by atoms with van der Waals surface area (Å²) in [4.78, 5) is 0. The monoisotopic (exact) mass is 298 g/mol. The molecule has 0 amide bonds. The lowest BCUT2D eigenvalue weighted by Gasteiger charge is -2.17. The first-order valence-electron chi connectivity index (χ1n) is 5.94. The summed E-state index contributed by atoms with van der Waals surface area (Å²) in [5.41, 5.74) is 4.19. The molecule has 4 heteroatoms. The van der Waals surface area contributed by atoms with Crippen molar-refractivity contribution < 1.29 is 4.74 Å². The molecule has 1 saturated carbocycles. The standard InChI is InChI=1S/C13H19BrN2O/c1-8-5-11(8)13(16-15)7-9-6-10(17-2)3-4-12(9)14/h3-4,6,8,11,13,16H,5,7,15H2,1-2H3.